The lowest BCUT2D eigenvalue weighted by atomic mass is 9.92. The van der Waals surface area contributed by atoms with E-state index in [4.69, 9.17) is 0 Å². The summed E-state index contributed by atoms with van der Waals surface area (Å²) in [5, 5.41) is 8.45. The van der Waals surface area contributed by atoms with Crippen molar-refractivity contribution < 1.29 is 14.4 Å². The van der Waals surface area contributed by atoms with Crippen molar-refractivity contribution in [1.82, 2.24) is 15.5 Å². The number of piperidine rings is 1. The van der Waals surface area contributed by atoms with E-state index in [1.807, 2.05) is 56.3 Å². The zero-order valence-corrected chi connectivity index (χ0v) is 21.1. The van der Waals surface area contributed by atoms with Crippen LogP contribution in [0.2, 0.25) is 0 Å². The number of likely N-dealkylation sites (tertiary alicyclic amines) is 1. The molecule has 2 N–H and O–H groups in total. The Labute approximate surface area is 208 Å². The maximum atomic E-state index is 13.4. The molecule has 6 nitrogen and oxygen atoms in total. The molecular formula is C29H39N3O3. The van der Waals surface area contributed by atoms with Gasteiger partial charge in [-0.05, 0) is 47.9 Å². The van der Waals surface area contributed by atoms with Crippen LogP contribution in [0.15, 0.2) is 42.5 Å². The van der Waals surface area contributed by atoms with Gasteiger partial charge in [-0.25, -0.2) is 0 Å². The van der Waals surface area contributed by atoms with Gasteiger partial charge in [-0.15, -0.1) is 0 Å². The molecule has 35 heavy (non-hydrogen) atoms. The first-order chi connectivity index (χ1) is 16.9. The SMILES string of the molecule is CC(C)[C@H](NC(=O)Cc1ccc2ccccc2c1)C(=O)N1CCC[C@H](C(=O)NC2CCCCC2)C1. The van der Waals surface area contributed by atoms with Crippen molar-refractivity contribution in [3.63, 3.8) is 0 Å². The number of carbonyl (C=O) groups is 3. The van der Waals surface area contributed by atoms with Crippen molar-refractivity contribution in [3.8, 4) is 0 Å². The number of nitrogens with zero attached hydrogens (tertiary/aromatic N) is 1. The van der Waals surface area contributed by atoms with E-state index in [1.165, 1.54) is 19.3 Å². The summed E-state index contributed by atoms with van der Waals surface area (Å²) in [5.74, 6) is -0.371. The lowest BCUT2D eigenvalue weighted by Gasteiger charge is -2.36. The van der Waals surface area contributed by atoms with Gasteiger partial charge in [-0.1, -0.05) is 75.6 Å². The van der Waals surface area contributed by atoms with Crippen molar-refractivity contribution in [3.05, 3.63) is 48.0 Å². The number of hydrogen-bond donors (Lipinski definition) is 2. The van der Waals surface area contributed by atoms with E-state index in [1.54, 1.807) is 4.90 Å². The minimum absolute atomic E-state index is 0.0421. The van der Waals surface area contributed by atoms with Crippen LogP contribution in [0.5, 0.6) is 0 Å². The molecule has 2 aromatic carbocycles. The summed E-state index contributed by atoms with van der Waals surface area (Å²) in [7, 11) is 0. The average Bonchev–Trinajstić information content (AvgIpc) is 2.87. The lowest BCUT2D eigenvalue weighted by Crippen LogP contribution is -2.55. The second-order valence-electron chi connectivity index (χ2n) is 10.6. The Bertz CT molecular complexity index is 1040. The number of amides is 3. The molecule has 1 heterocycles. The number of carbonyl (C=O) groups excluding carboxylic acids is 3. The maximum absolute atomic E-state index is 13.4. The Morgan fingerprint density at radius 1 is 0.943 bits per heavy atom. The summed E-state index contributed by atoms with van der Waals surface area (Å²) in [6.07, 6.45) is 7.56. The van der Waals surface area contributed by atoms with Gasteiger partial charge in [0.05, 0.1) is 12.3 Å². The van der Waals surface area contributed by atoms with Crippen molar-refractivity contribution in [1.29, 1.82) is 0 Å². The van der Waals surface area contributed by atoms with Crippen LogP contribution in [-0.2, 0) is 20.8 Å². The van der Waals surface area contributed by atoms with Crippen LogP contribution in [0, 0.1) is 11.8 Å². The van der Waals surface area contributed by atoms with E-state index < -0.39 is 6.04 Å². The second-order valence-corrected chi connectivity index (χ2v) is 10.6. The van der Waals surface area contributed by atoms with Crippen molar-refractivity contribution in [2.45, 2.75) is 77.3 Å². The average molecular weight is 478 g/mol. The fraction of sp³-hybridized carbons (Fsp3) is 0.552. The highest BCUT2D eigenvalue weighted by Crippen LogP contribution is 2.22. The van der Waals surface area contributed by atoms with E-state index in [0.29, 0.717) is 13.1 Å². The first-order valence-corrected chi connectivity index (χ1v) is 13.3. The van der Waals surface area contributed by atoms with Crippen LogP contribution >= 0.6 is 0 Å². The van der Waals surface area contributed by atoms with Gasteiger partial charge in [0.15, 0.2) is 0 Å². The summed E-state index contributed by atoms with van der Waals surface area (Å²) in [5.41, 5.74) is 0.925. The van der Waals surface area contributed by atoms with Crippen LogP contribution in [0.25, 0.3) is 10.8 Å². The molecule has 6 heteroatoms. The third-order valence-corrected chi connectivity index (χ3v) is 7.48. The first kappa shape index (κ1) is 25.2. The fourth-order valence-corrected chi connectivity index (χ4v) is 5.43. The normalized spacial score (nSPS) is 20.0. The Hall–Kier alpha value is -2.89. The molecule has 0 unspecified atom stereocenters. The van der Waals surface area contributed by atoms with E-state index in [-0.39, 0.29) is 42.0 Å². The van der Waals surface area contributed by atoms with Crippen LogP contribution in [0.4, 0.5) is 0 Å². The highest BCUT2D eigenvalue weighted by Gasteiger charge is 2.34. The minimum atomic E-state index is -0.594. The summed E-state index contributed by atoms with van der Waals surface area (Å²) in [4.78, 5) is 41.0. The van der Waals surface area contributed by atoms with Crippen LogP contribution in [0.1, 0.15) is 64.4 Å². The number of hydrogen-bond acceptors (Lipinski definition) is 3. The number of fused-ring (bicyclic) bond motifs is 1. The quantitative estimate of drug-likeness (QED) is 0.627. The van der Waals surface area contributed by atoms with Gasteiger partial charge in [0.25, 0.3) is 0 Å². The monoisotopic (exact) mass is 477 g/mol. The van der Waals surface area contributed by atoms with E-state index in [9.17, 15) is 14.4 Å². The standard InChI is InChI=1S/C29H39N3O3/c1-20(2)27(31-26(33)18-21-14-15-22-9-6-7-10-23(22)17-21)29(35)32-16-8-11-24(19-32)28(34)30-25-12-4-3-5-13-25/h6-7,9-10,14-15,17,20,24-25,27H,3-5,8,11-13,16,18-19H2,1-2H3,(H,30,34)(H,31,33)/t24-,27-/m0/s1. The molecule has 1 saturated heterocycles. The Kier molecular flexibility index (Phi) is 8.42. The molecule has 188 valence electrons. The molecule has 2 aliphatic rings. The fourth-order valence-electron chi connectivity index (χ4n) is 5.43. The maximum Gasteiger partial charge on any atom is 0.245 e. The molecule has 0 spiro atoms. The van der Waals surface area contributed by atoms with Crippen molar-refractivity contribution in [2.75, 3.05) is 13.1 Å². The van der Waals surface area contributed by atoms with Gasteiger partial charge >= 0.3 is 0 Å². The molecule has 2 atom stereocenters. The highest BCUT2D eigenvalue weighted by atomic mass is 16.2. The predicted molar refractivity (Wildman–Crippen MR) is 139 cm³/mol. The molecular weight excluding hydrogens is 438 g/mol. The van der Waals surface area contributed by atoms with E-state index in [2.05, 4.69) is 10.6 Å². The highest BCUT2D eigenvalue weighted by molar-refractivity contribution is 5.90. The van der Waals surface area contributed by atoms with Gasteiger partial charge in [-0.3, -0.25) is 14.4 Å². The molecule has 1 aliphatic heterocycles. The smallest absolute Gasteiger partial charge is 0.245 e. The topological polar surface area (TPSA) is 78.5 Å². The molecule has 4 rings (SSSR count). The van der Waals surface area contributed by atoms with E-state index >= 15 is 0 Å². The minimum Gasteiger partial charge on any atom is -0.353 e. The van der Waals surface area contributed by atoms with Crippen LogP contribution in [-0.4, -0.2) is 47.8 Å². The molecule has 0 bridgehead atoms. The molecule has 3 amide bonds. The third-order valence-electron chi connectivity index (χ3n) is 7.48. The number of benzene rings is 2. The van der Waals surface area contributed by atoms with Gasteiger partial charge in [-0.2, -0.15) is 0 Å². The molecule has 1 saturated carbocycles. The van der Waals surface area contributed by atoms with E-state index in [0.717, 1.165) is 42.0 Å². The zero-order chi connectivity index (χ0) is 24.8. The Morgan fingerprint density at radius 3 is 2.43 bits per heavy atom. The second kappa shape index (κ2) is 11.7. The van der Waals surface area contributed by atoms with Gasteiger partial charge in [0.2, 0.25) is 17.7 Å². The molecule has 0 aromatic heterocycles. The van der Waals surface area contributed by atoms with Gasteiger partial charge in [0, 0.05) is 19.1 Å². The lowest BCUT2D eigenvalue weighted by molar-refractivity contribution is -0.141. The first-order valence-electron chi connectivity index (χ1n) is 13.3. The molecule has 2 fully saturated rings. The van der Waals surface area contributed by atoms with Crippen molar-refractivity contribution >= 4 is 28.5 Å². The summed E-state index contributed by atoms with van der Waals surface area (Å²) < 4.78 is 0. The van der Waals surface area contributed by atoms with Crippen LogP contribution in [0.3, 0.4) is 0 Å². The van der Waals surface area contributed by atoms with Gasteiger partial charge in [0.1, 0.15) is 6.04 Å². The summed E-state index contributed by atoms with van der Waals surface area (Å²) in [6.45, 7) is 4.98. The molecule has 2 aromatic rings. The largest absolute Gasteiger partial charge is 0.353 e. The number of rotatable bonds is 7. The molecule has 0 radical (unpaired) electrons. The third kappa shape index (κ3) is 6.62. The Balaban J connectivity index is 1.35. The number of nitrogens with one attached hydrogen (secondary N) is 2. The zero-order valence-electron chi connectivity index (χ0n) is 21.1. The van der Waals surface area contributed by atoms with Crippen LogP contribution < -0.4 is 10.6 Å². The summed E-state index contributed by atoms with van der Waals surface area (Å²) in [6, 6.07) is 13.8. The van der Waals surface area contributed by atoms with Crippen molar-refractivity contribution in [2.24, 2.45) is 11.8 Å². The van der Waals surface area contributed by atoms with Gasteiger partial charge < -0.3 is 15.5 Å². The Morgan fingerprint density at radius 2 is 1.69 bits per heavy atom. The summed E-state index contributed by atoms with van der Waals surface area (Å²) >= 11 is 0. The predicted octanol–water partition coefficient (Wildman–Crippen LogP) is 4.21. The molecule has 1 aliphatic carbocycles.